The zero-order chi connectivity index (χ0) is 14.3. The van der Waals surface area contributed by atoms with Crippen LogP contribution in [0, 0.1) is 11.7 Å². The highest BCUT2D eigenvalue weighted by molar-refractivity contribution is 6.30. The summed E-state index contributed by atoms with van der Waals surface area (Å²) in [6.07, 6.45) is 3.39. The third-order valence-corrected chi connectivity index (χ3v) is 3.94. The number of hydrogen-bond acceptors (Lipinski definition) is 2. The van der Waals surface area contributed by atoms with Gasteiger partial charge in [0.2, 0.25) is 0 Å². The first-order valence-electron chi connectivity index (χ1n) is 6.30. The molecule has 2 aromatic rings. The fourth-order valence-corrected chi connectivity index (χ4v) is 2.75. The molecule has 3 rings (SSSR count). The van der Waals surface area contributed by atoms with Gasteiger partial charge < -0.3 is 5.11 Å². The molecule has 1 N–H and O–H groups in total. The van der Waals surface area contributed by atoms with E-state index in [4.69, 9.17) is 16.7 Å². The van der Waals surface area contributed by atoms with Gasteiger partial charge in [-0.1, -0.05) is 11.6 Å². The minimum Gasteiger partial charge on any atom is -0.481 e. The van der Waals surface area contributed by atoms with Crippen LogP contribution >= 0.6 is 11.6 Å². The summed E-state index contributed by atoms with van der Waals surface area (Å²) in [5.41, 5.74) is 2.60. The maximum absolute atomic E-state index is 13.2. The molecule has 1 unspecified atom stereocenters. The lowest BCUT2D eigenvalue weighted by molar-refractivity contribution is -0.142. The second-order valence-electron chi connectivity index (χ2n) is 4.90. The molecule has 1 aromatic carbocycles. The lowest BCUT2D eigenvalue weighted by Gasteiger charge is -2.19. The van der Waals surface area contributed by atoms with Crippen LogP contribution < -0.4 is 0 Å². The van der Waals surface area contributed by atoms with E-state index >= 15 is 0 Å². The van der Waals surface area contributed by atoms with Gasteiger partial charge in [-0.3, -0.25) is 4.79 Å². The number of aromatic nitrogens is 2. The summed E-state index contributed by atoms with van der Waals surface area (Å²) < 4.78 is 14.9. The Balaban J connectivity index is 1.97. The number of fused-ring (bicyclic) bond motifs is 1. The Morgan fingerprint density at radius 1 is 1.50 bits per heavy atom. The largest absolute Gasteiger partial charge is 0.481 e. The molecule has 0 aliphatic heterocycles. The molecule has 1 atom stereocenters. The molecule has 6 heteroatoms. The summed E-state index contributed by atoms with van der Waals surface area (Å²) >= 11 is 5.78. The molecule has 0 saturated carbocycles. The van der Waals surface area contributed by atoms with Gasteiger partial charge in [0.05, 0.1) is 22.8 Å². The molecule has 0 radical (unpaired) electrons. The van der Waals surface area contributed by atoms with Crippen LogP contribution in [-0.2, 0) is 17.6 Å². The van der Waals surface area contributed by atoms with Crippen molar-refractivity contribution in [2.75, 3.05) is 0 Å². The van der Waals surface area contributed by atoms with Crippen molar-refractivity contribution in [1.82, 2.24) is 9.78 Å². The van der Waals surface area contributed by atoms with Crippen LogP contribution in [0.3, 0.4) is 0 Å². The van der Waals surface area contributed by atoms with Crippen LogP contribution in [0.15, 0.2) is 24.4 Å². The molecule has 1 heterocycles. The van der Waals surface area contributed by atoms with Gasteiger partial charge >= 0.3 is 5.97 Å². The molecule has 20 heavy (non-hydrogen) atoms. The topological polar surface area (TPSA) is 55.1 Å². The predicted molar refractivity (Wildman–Crippen MR) is 71.7 cm³/mol. The summed E-state index contributed by atoms with van der Waals surface area (Å²) in [7, 11) is 0. The lowest BCUT2D eigenvalue weighted by atomic mass is 9.88. The zero-order valence-electron chi connectivity index (χ0n) is 10.5. The predicted octanol–water partition coefficient (Wildman–Crippen LogP) is 2.85. The Bertz CT molecular complexity index is 684. The van der Waals surface area contributed by atoms with Crippen LogP contribution in [0.2, 0.25) is 5.02 Å². The van der Waals surface area contributed by atoms with Crippen LogP contribution in [0.25, 0.3) is 5.69 Å². The number of halogens is 2. The molecule has 4 nitrogen and oxygen atoms in total. The number of rotatable bonds is 2. The van der Waals surface area contributed by atoms with Crippen LogP contribution in [-0.4, -0.2) is 20.9 Å². The second kappa shape index (κ2) is 4.90. The lowest BCUT2D eigenvalue weighted by Crippen LogP contribution is -2.22. The second-order valence-corrected chi connectivity index (χ2v) is 5.31. The van der Waals surface area contributed by atoms with Gasteiger partial charge in [0.1, 0.15) is 5.82 Å². The molecule has 0 saturated heterocycles. The first-order chi connectivity index (χ1) is 9.56. The Hall–Kier alpha value is -1.88. The van der Waals surface area contributed by atoms with Crippen molar-refractivity contribution in [2.45, 2.75) is 19.3 Å². The normalized spacial score (nSPS) is 17.8. The first kappa shape index (κ1) is 13.1. The number of carboxylic acid groups (broad SMARTS) is 1. The minimum absolute atomic E-state index is 0.0472. The SMILES string of the molecule is O=C(O)C1CCc2c(cnn2-c2ccc(F)c(Cl)c2)C1. The van der Waals surface area contributed by atoms with Crippen molar-refractivity contribution < 1.29 is 14.3 Å². The molecule has 0 spiro atoms. The van der Waals surface area contributed by atoms with Crippen LogP contribution in [0.5, 0.6) is 0 Å². The third-order valence-electron chi connectivity index (χ3n) is 3.65. The van der Waals surface area contributed by atoms with Crippen molar-refractivity contribution in [3.8, 4) is 5.69 Å². The molecule has 0 bridgehead atoms. The average molecular weight is 295 g/mol. The van der Waals surface area contributed by atoms with Gasteiger partial charge in [0, 0.05) is 5.69 Å². The smallest absolute Gasteiger partial charge is 0.306 e. The molecule has 1 aliphatic carbocycles. The third kappa shape index (κ3) is 2.18. The zero-order valence-corrected chi connectivity index (χ0v) is 11.3. The maximum Gasteiger partial charge on any atom is 0.306 e. The van der Waals surface area contributed by atoms with Gasteiger partial charge in [0.15, 0.2) is 0 Å². The Morgan fingerprint density at radius 2 is 2.30 bits per heavy atom. The van der Waals surface area contributed by atoms with Crippen molar-refractivity contribution >= 4 is 17.6 Å². The minimum atomic E-state index is -0.770. The van der Waals surface area contributed by atoms with Crippen molar-refractivity contribution in [1.29, 1.82) is 0 Å². The van der Waals surface area contributed by atoms with E-state index in [-0.39, 0.29) is 10.9 Å². The summed E-state index contributed by atoms with van der Waals surface area (Å²) in [4.78, 5) is 11.0. The number of hydrogen-bond donors (Lipinski definition) is 1. The monoisotopic (exact) mass is 294 g/mol. The highest BCUT2D eigenvalue weighted by Gasteiger charge is 2.27. The molecule has 0 amide bonds. The summed E-state index contributed by atoms with van der Waals surface area (Å²) in [5.74, 6) is -1.59. The number of carboxylic acids is 1. The molecular formula is C14H12ClFN2O2. The highest BCUT2D eigenvalue weighted by atomic mass is 35.5. The van der Waals surface area contributed by atoms with Gasteiger partial charge in [0.25, 0.3) is 0 Å². The Labute approximate surface area is 119 Å². The van der Waals surface area contributed by atoms with E-state index < -0.39 is 11.8 Å². The van der Waals surface area contributed by atoms with E-state index in [1.807, 2.05) is 0 Å². The van der Waals surface area contributed by atoms with Crippen molar-refractivity contribution in [2.24, 2.45) is 5.92 Å². The van der Waals surface area contributed by atoms with Crippen molar-refractivity contribution in [3.63, 3.8) is 0 Å². The van der Waals surface area contributed by atoms with E-state index in [9.17, 15) is 9.18 Å². The van der Waals surface area contributed by atoms with Gasteiger partial charge in [-0.25, -0.2) is 9.07 Å². The van der Waals surface area contributed by atoms with Crippen LogP contribution in [0.4, 0.5) is 4.39 Å². The number of benzene rings is 1. The molecular weight excluding hydrogens is 283 g/mol. The standard InChI is InChI=1S/C14H12ClFN2O2/c15-11-6-10(2-3-12(11)16)18-13-4-1-8(14(19)20)5-9(13)7-17-18/h2-3,6-8H,1,4-5H2,(H,19,20). The first-order valence-corrected chi connectivity index (χ1v) is 6.68. The molecule has 1 aromatic heterocycles. The van der Waals surface area contributed by atoms with Crippen LogP contribution in [0.1, 0.15) is 17.7 Å². The maximum atomic E-state index is 13.2. The van der Waals surface area contributed by atoms with Gasteiger partial charge in [-0.15, -0.1) is 0 Å². The van der Waals surface area contributed by atoms with E-state index in [0.717, 1.165) is 11.3 Å². The van der Waals surface area contributed by atoms with Gasteiger partial charge in [-0.2, -0.15) is 5.10 Å². The quantitative estimate of drug-likeness (QED) is 0.926. The van der Waals surface area contributed by atoms with Gasteiger partial charge in [-0.05, 0) is 43.0 Å². The number of carbonyl (C=O) groups is 1. The number of nitrogens with zero attached hydrogens (tertiary/aromatic N) is 2. The molecule has 104 valence electrons. The van der Waals surface area contributed by atoms with E-state index in [0.29, 0.717) is 24.9 Å². The summed E-state index contributed by atoms with van der Waals surface area (Å²) in [6, 6.07) is 4.43. The fraction of sp³-hybridized carbons (Fsp3) is 0.286. The average Bonchev–Trinajstić information content (AvgIpc) is 2.84. The van der Waals surface area contributed by atoms with Crippen molar-refractivity contribution in [3.05, 3.63) is 46.5 Å². The Kier molecular flexibility index (Phi) is 3.22. The molecule has 1 aliphatic rings. The number of aliphatic carboxylic acids is 1. The fourth-order valence-electron chi connectivity index (χ4n) is 2.57. The Morgan fingerprint density at radius 3 is 3.00 bits per heavy atom. The van der Waals surface area contributed by atoms with E-state index in [1.54, 1.807) is 16.9 Å². The van der Waals surface area contributed by atoms with E-state index in [2.05, 4.69) is 5.10 Å². The summed E-state index contributed by atoms with van der Waals surface area (Å²) in [6.45, 7) is 0. The molecule has 0 fully saturated rings. The van der Waals surface area contributed by atoms with E-state index in [1.165, 1.54) is 12.1 Å². The summed E-state index contributed by atoms with van der Waals surface area (Å²) in [5, 5.41) is 13.4. The highest BCUT2D eigenvalue weighted by Crippen LogP contribution is 2.28.